The number of nitrogens with zero attached hydrogens (tertiary/aromatic N) is 2. The van der Waals surface area contributed by atoms with E-state index in [2.05, 4.69) is 4.98 Å². The lowest BCUT2D eigenvalue weighted by atomic mass is 10.2. The molecule has 1 N–H and O–H groups in total. The van der Waals surface area contributed by atoms with Crippen LogP contribution in [0, 0.1) is 0 Å². The molecule has 0 saturated carbocycles. The minimum atomic E-state index is -3.53. The molecule has 0 bridgehead atoms. The summed E-state index contributed by atoms with van der Waals surface area (Å²) >= 11 is 1.75. The zero-order valence-electron chi connectivity index (χ0n) is 13.9. The molecule has 1 aromatic heterocycles. The van der Waals surface area contributed by atoms with E-state index in [1.807, 2.05) is 13.8 Å². The van der Waals surface area contributed by atoms with E-state index >= 15 is 0 Å². The normalized spacial score (nSPS) is 26.5. The van der Waals surface area contributed by atoms with E-state index in [0.29, 0.717) is 31.9 Å². The predicted octanol–water partition coefficient (Wildman–Crippen LogP) is 1.00. The molecular weight excluding hydrogens is 350 g/mol. The maximum absolute atomic E-state index is 12.7. The third kappa shape index (κ3) is 3.63. The molecule has 2 fully saturated rings. The molecule has 24 heavy (non-hydrogen) atoms. The van der Waals surface area contributed by atoms with Crippen molar-refractivity contribution in [2.24, 2.45) is 0 Å². The van der Waals surface area contributed by atoms with Crippen molar-refractivity contribution >= 4 is 27.7 Å². The molecule has 2 saturated heterocycles. The average molecular weight is 374 g/mol. The fourth-order valence-corrected chi connectivity index (χ4v) is 5.67. The van der Waals surface area contributed by atoms with Crippen LogP contribution < -0.4 is 0 Å². The number of carbonyl (C=O) groups is 1. The van der Waals surface area contributed by atoms with Crippen LogP contribution in [0.15, 0.2) is 17.2 Å². The van der Waals surface area contributed by atoms with Crippen LogP contribution in [0.4, 0.5) is 0 Å². The van der Waals surface area contributed by atoms with Crippen LogP contribution in [0.2, 0.25) is 0 Å². The van der Waals surface area contributed by atoms with Gasteiger partial charge in [-0.05, 0) is 19.9 Å². The highest BCUT2D eigenvalue weighted by atomic mass is 32.2. The van der Waals surface area contributed by atoms with Gasteiger partial charge in [0, 0.05) is 43.9 Å². The van der Waals surface area contributed by atoms with Gasteiger partial charge in [0.2, 0.25) is 10.0 Å². The van der Waals surface area contributed by atoms with E-state index in [0.717, 1.165) is 11.5 Å². The second-order valence-corrected chi connectivity index (χ2v) is 9.40. The van der Waals surface area contributed by atoms with Gasteiger partial charge >= 0.3 is 0 Å². The highest BCUT2D eigenvalue weighted by Crippen LogP contribution is 2.22. The molecule has 2 atom stereocenters. The summed E-state index contributed by atoms with van der Waals surface area (Å²) in [5, 5.41) is 0. The Morgan fingerprint density at radius 2 is 1.88 bits per heavy atom. The van der Waals surface area contributed by atoms with Gasteiger partial charge < -0.3 is 14.6 Å². The fourth-order valence-electron chi connectivity index (χ4n) is 3.10. The Kier molecular flexibility index (Phi) is 5.24. The minimum absolute atomic E-state index is 0.0262. The summed E-state index contributed by atoms with van der Waals surface area (Å²) in [7, 11) is -3.53. The lowest BCUT2D eigenvalue weighted by molar-refractivity contribution is -0.0587. The number of carbonyl (C=O) groups excluding carboxylic acids is 1. The van der Waals surface area contributed by atoms with Crippen LogP contribution >= 0.6 is 11.8 Å². The standard InChI is InChI=1S/C15H23N3O4S2/c1-11-9-17(10-12(2)22-11)15(19)14-7-13(8-16-14)24(20,21)18-3-5-23-6-4-18/h7-8,11-12,16H,3-6,9-10H2,1-2H3. The maximum atomic E-state index is 12.7. The smallest absolute Gasteiger partial charge is 0.270 e. The highest BCUT2D eigenvalue weighted by Gasteiger charge is 2.30. The second-order valence-electron chi connectivity index (χ2n) is 6.23. The highest BCUT2D eigenvalue weighted by molar-refractivity contribution is 7.99. The third-order valence-corrected chi connectivity index (χ3v) is 7.02. The van der Waals surface area contributed by atoms with E-state index < -0.39 is 10.0 Å². The van der Waals surface area contributed by atoms with Crippen molar-refractivity contribution in [3.05, 3.63) is 18.0 Å². The molecule has 1 amide bonds. The van der Waals surface area contributed by atoms with Crippen molar-refractivity contribution in [3.63, 3.8) is 0 Å². The molecule has 2 unspecified atom stereocenters. The molecule has 9 heteroatoms. The van der Waals surface area contributed by atoms with E-state index in [4.69, 9.17) is 4.74 Å². The Morgan fingerprint density at radius 3 is 2.50 bits per heavy atom. The first-order chi connectivity index (χ1) is 11.4. The van der Waals surface area contributed by atoms with Gasteiger partial charge in [-0.15, -0.1) is 0 Å². The summed E-state index contributed by atoms with van der Waals surface area (Å²) in [6, 6.07) is 1.45. The van der Waals surface area contributed by atoms with Crippen molar-refractivity contribution in [1.82, 2.24) is 14.2 Å². The van der Waals surface area contributed by atoms with Crippen molar-refractivity contribution in [1.29, 1.82) is 0 Å². The minimum Gasteiger partial charge on any atom is -0.372 e. The Morgan fingerprint density at radius 1 is 1.25 bits per heavy atom. The molecule has 1 aromatic rings. The number of aromatic amines is 1. The van der Waals surface area contributed by atoms with Gasteiger partial charge in [-0.1, -0.05) is 0 Å². The summed E-state index contributed by atoms with van der Waals surface area (Å²) in [6.07, 6.45) is 1.36. The maximum Gasteiger partial charge on any atom is 0.270 e. The van der Waals surface area contributed by atoms with Crippen LogP contribution in [0.3, 0.4) is 0 Å². The number of ether oxygens (including phenoxy) is 1. The number of hydrogen-bond acceptors (Lipinski definition) is 5. The quantitative estimate of drug-likeness (QED) is 0.855. The largest absolute Gasteiger partial charge is 0.372 e. The molecule has 7 nitrogen and oxygen atoms in total. The van der Waals surface area contributed by atoms with Gasteiger partial charge in [-0.25, -0.2) is 8.42 Å². The van der Waals surface area contributed by atoms with Crippen molar-refractivity contribution < 1.29 is 17.9 Å². The third-order valence-electron chi connectivity index (χ3n) is 4.20. The van der Waals surface area contributed by atoms with E-state index in [1.54, 1.807) is 16.7 Å². The number of sulfonamides is 1. The lowest BCUT2D eigenvalue weighted by Gasteiger charge is -2.35. The molecule has 134 valence electrons. The SMILES string of the molecule is CC1CN(C(=O)c2cc(S(=O)(=O)N3CCSCC3)c[nH]2)CC(C)O1. The molecule has 0 aromatic carbocycles. The zero-order valence-corrected chi connectivity index (χ0v) is 15.5. The Bertz CT molecular complexity index is 687. The number of amides is 1. The van der Waals surface area contributed by atoms with Crippen LogP contribution in [0.25, 0.3) is 0 Å². The van der Waals surface area contributed by atoms with Gasteiger partial charge in [0.15, 0.2) is 0 Å². The van der Waals surface area contributed by atoms with Crippen molar-refractivity contribution in [3.8, 4) is 0 Å². The molecule has 2 aliphatic heterocycles. The Hall–Kier alpha value is -1.03. The summed E-state index contributed by atoms with van der Waals surface area (Å²) in [5.41, 5.74) is 0.307. The molecule has 3 heterocycles. The monoisotopic (exact) mass is 373 g/mol. The summed E-state index contributed by atoms with van der Waals surface area (Å²) in [5.74, 6) is 1.42. The Labute approximate surface area is 146 Å². The topological polar surface area (TPSA) is 82.7 Å². The molecule has 0 aliphatic carbocycles. The van der Waals surface area contributed by atoms with Gasteiger partial charge in [0.25, 0.3) is 5.91 Å². The first-order valence-electron chi connectivity index (χ1n) is 8.09. The van der Waals surface area contributed by atoms with Crippen LogP contribution in [-0.4, -0.2) is 78.4 Å². The number of thioether (sulfide) groups is 1. The van der Waals surface area contributed by atoms with E-state index in [1.165, 1.54) is 16.6 Å². The van der Waals surface area contributed by atoms with Gasteiger partial charge in [0.1, 0.15) is 10.6 Å². The fraction of sp³-hybridized carbons (Fsp3) is 0.667. The van der Waals surface area contributed by atoms with E-state index in [-0.39, 0.29) is 23.0 Å². The van der Waals surface area contributed by atoms with Gasteiger partial charge in [-0.3, -0.25) is 4.79 Å². The molecule has 0 spiro atoms. The molecule has 2 aliphatic rings. The van der Waals surface area contributed by atoms with Crippen LogP contribution in [-0.2, 0) is 14.8 Å². The summed E-state index contributed by atoms with van der Waals surface area (Å²) in [6.45, 7) is 5.89. The number of H-pyrrole nitrogens is 1. The number of nitrogens with one attached hydrogen (secondary N) is 1. The Balaban J connectivity index is 1.76. The number of morpholine rings is 1. The molecular formula is C15H23N3O4S2. The van der Waals surface area contributed by atoms with Crippen molar-refractivity contribution in [2.45, 2.75) is 31.0 Å². The molecule has 3 rings (SSSR count). The lowest BCUT2D eigenvalue weighted by Crippen LogP contribution is -2.48. The number of aromatic nitrogens is 1. The van der Waals surface area contributed by atoms with Gasteiger partial charge in [-0.2, -0.15) is 16.1 Å². The summed E-state index contributed by atoms with van der Waals surface area (Å²) < 4.78 is 32.4. The van der Waals surface area contributed by atoms with Crippen molar-refractivity contribution in [2.75, 3.05) is 37.7 Å². The second kappa shape index (κ2) is 7.07. The van der Waals surface area contributed by atoms with Crippen LogP contribution in [0.5, 0.6) is 0 Å². The number of hydrogen-bond donors (Lipinski definition) is 1. The van der Waals surface area contributed by atoms with E-state index in [9.17, 15) is 13.2 Å². The summed E-state index contributed by atoms with van der Waals surface area (Å²) in [4.78, 5) is 17.3. The predicted molar refractivity (Wildman–Crippen MR) is 92.8 cm³/mol. The number of rotatable bonds is 3. The first-order valence-corrected chi connectivity index (χ1v) is 10.7. The van der Waals surface area contributed by atoms with Crippen LogP contribution in [0.1, 0.15) is 24.3 Å². The van der Waals surface area contributed by atoms with Gasteiger partial charge in [0.05, 0.1) is 12.2 Å². The first kappa shape index (κ1) is 17.8. The molecule has 0 radical (unpaired) electrons. The zero-order chi connectivity index (χ0) is 17.3. The average Bonchev–Trinajstić information content (AvgIpc) is 3.05.